The van der Waals surface area contributed by atoms with Crippen molar-refractivity contribution in [2.75, 3.05) is 0 Å². The van der Waals surface area contributed by atoms with Crippen LogP contribution in [0.25, 0.3) is 5.69 Å². The number of nitrogens with zero attached hydrogens (tertiary/aromatic N) is 2. The summed E-state index contributed by atoms with van der Waals surface area (Å²) < 4.78 is 14.9. The van der Waals surface area contributed by atoms with Crippen LogP contribution in [0.4, 0.5) is 4.39 Å². The van der Waals surface area contributed by atoms with E-state index in [4.69, 9.17) is 5.11 Å². The first-order chi connectivity index (χ1) is 8.11. The molecule has 0 aliphatic rings. The third kappa shape index (κ3) is 2.36. The monoisotopic (exact) mass is 234 g/mol. The predicted octanol–water partition coefficient (Wildman–Crippen LogP) is 2.70. The van der Waals surface area contributed by atoms with Crippen LogP contribution in [0, 0.1) is 6.92 Å². The van der Waals surface area contributed by atoms with Crippen molar-refractivity contribution in [3.8, 4) is 5.69 Å². The molecule has 0 bridgehead atoms. The third-order valence-electron chi connectivity index (χ3n) is 2.70. The van der Waals surface area contributed by atoms with Crippen LogP contribution in [-0.4, -0.2) is 14.9 Å². The lowest BCUT2D eigenvalue weighted by atomic mass is 10.2. The first kappa shape index (κ1) is 11.8. The van der Waals surface area contributed by atoms with E-state index in [9.17, 15) is 4.39 Å². The van der Waals surface area contributed by atoms with Gasteiger partial charge >= 0.3 is 0 Å². The number of aromatic nitrogens is 2. The summed E-state index contributed by atoms with van der Waals surface area (Å²) in [5, 5.41) is 13.2. The second-order valence-electron chi connectivity index (χ2n) is 4.08. The van der Waals surface area contributed by atoms with Crippen LogP contribution in [-0.2, 0) is 6.61 Å². The summed E-state index contributed by atoms with van der Waals surface area (Å²) >= 11 is 0. The lowest BCUT2D eigenvalue weighted by Gasteiger charge is -2.02. The summed E-state index contributed by atoms with van der Waals surface area (Å²) in [4.78, 5) is 0. The van der Waals surface area contributed by atoms with E-state index in [1.54, 1.807) is 10.9 Å². The van der Waals surface area contributed by atoms with E-state index in [-0.39, 0.29) is 6.61 Å². The van der Waals surface area contributed by atoms with Gasteiger partial charge in [0.25, 0.3) is 0 Å². The normalized spacial score (nSPS) is 12.7. The molecule has 0 spiro atoms. The zero-order valence-corrected chi connectivity index (χ0v) is 9.89. The number of hydrogen-bond acceptors (Lipinski definition) is 2. The summed E-state index contributed by atoms with van der Waals surface area (Å²) in [6.45, 7) is 3.34. The maximum atomic E-state index is 13.2. The Kier molecular flexibility index (Phi) is 3.24. The first-order valence-electron chi connectivity index (χ1n) is 5.52. The smallest absolute Gasteiger partial charge is 0.141 e. The van der Waals surface area contributed by atoms with Crippen molar-refractivity contribution in [3.63, 3.8) is 0 Å². The van der Waals surface area contributed by atoms with Crippen LogP contribution >= 0.6 is 0 Å². The number of benzene rings is 1. The quantitative estimate of drug-likeness (QED) is 0.886. The number of halogens is 1. The van der Waals surface area contributed by atoms with E-state index in [0.717, 1.165) is 16.8 Å². The number of aliphatic hydroxyl groups is 1. The zero-order valence-electron chi connectivity index (χ0n) is 9.89. The molecular formula is C13H15FN2O. The van der Waals surface area contributed by atoms with Crippen molar-refractivity contribution >= 4 is 0 Å². The Bertz CT molecular complexity index is 503. The van der Waals surface area contributed by atoms with Crippen LogP contribution in [0.3, 0.4) is 0 Å². The van der Waals surface area contributed by atoms with Crippen LogP contribution in [0.1, 0.15) is 29.9 Å². The van der Waals surface area contributed by atoms with E-state index in [1.807, 2.05) is 31.2 Å². The van der Waals surface area contributed by atoms with E-state index >= 15 is 0 Å². The average molecular weight is 234 g/mol. The largest absolute Gasteiger partial charge is 0.392 e. The Balaban J connectivity index is 2.36. The maximum Gasteiger partial charge on any atom is 0.141 e. The number of aliphatic hydroxyl groups excluding tert-OH is 1. The minimum atomic E-state index is -1.06. The molecule has 2 aromatic rings. The molecule has 1 atom stereocenters. The molecule has 0 saturated carbocycles. The molecule has 0 amide bonds. The van der Waals surface area contributed by atoms with Crippen molar-refractivity contribution < 1.29 is 9.50 Å². The molecule has 17 heavy (non-hydrogen) atoms. The molecule has 2 rings (SSSR count). The molecule has 90 valence electrons. The van der Waals surface area contributed by atoms with E-state index in [0.29, 0.717) is 5.69 Å². The van der Waals surface area contributed by atoms with Gasteiger partial charge in [-0.2, -0.15) is 5.10 Å². The van der Waals surface area contributed by atoms with Gasteiger partial charge in [-0.25, -0.2) is 9.07 Å². The SMILES string of the molecule is Cc1cn(-c2ccc(CO)cc2)nc1C(C)F. The number of aryl methyl sites for hydroxylation is 1. The highest BCUT2D eigenvalue weighted by molar-refractivity contribution is 5.35. The highest BCUT2D eigenvalue weighted by Gasteiger charge is 2.12. The van der Waals surface area contributed by atoms with Crippen LogP contribution < -0.4 is 0 Å². The van der Waals surface area contributed by atoms with Crippen molar-refractivity contribution in [2.45, 2.75) is 26.6 Å². The zero-order chi connectivity index (χ0) is 12.4. The highest BCUT2D eigenvalue weighted by atomic mass is 19.1. The van der Waals surface area contributed by atoms with Crippen LogP contribution in [0.2, 0.25) is 0 Å². The van der Waals surface area contributed by atoms with Gasteiger partial charge in [-0.15, -0.1) is 0 Å². The van der Waals surface area contributed by atoms with E-state index in [2.05, 4.69) is 5.10 Å². The van der Waals surface area contributed by atoms with Crippen molar-refractivity contribution in [2.24, 2.45) is 0 Å². The van der Waals surface area contributed by atoms with Gasteiger partial charge < -0.3 is 5.11 Å². The molecular weight excluding hydrogens is 219 g/mol. The van der Waals surface area contributed by atoms with Crippen molar-refractivity contribution in [1.82, 2.24) is 9.78 Å². The fourth-order valence-corrected chi connectivity index (χ4v) is 1.75. The summed E-state index contributed by atoms with van der Waals surface area (Å²) in [6, 6.07) is 7.35. The second kappa shape index (κ2) is 4.67. The molecule has 1 aromatic carbocycles. The average Bonchev–Trinajstić information content (AvgIpc) is 2.71. The predicted molar refractivity (Wildman–Crippen MR) is 63.7 cm³/mol. The third-order valence-corrected chi connectivity index (χ3v) is 2.70. The lowest BCUT2D eigenvalue weighted by Crippen LogP contribution is -1.97. The van der Waals surface area contributed by atoms with Gasteiger partial charge in [0.2, 0.25) is 0 Å². The van der Waals surface area contributed by atoms with E-state index < -0.39 is 6.17 Å². The Morgan fingerprint density at radius 3 is 2.47 bits per heavy atom. The molecule has 0 saturated heterocycles. The van der Waals surface area contributed by atoms with Gasteiger partial charge in [-0.05, 0) is 37.1 Å². The Morgan fingerprint density at radius 2 is 2.00 bits per heavy atom. The molecule has 1 heterocycles. The van der Waals surface area contributed by atoms with Gasteiger partial charge in [0, 0.05) is 6.20 Å². The summed E-state index contributed by atoms with van der Waals surface area (Å²) in [6.07, 6.45) is 0.743. The molecule has 1 aromatic heterocycles. The molecule has 1 N–H and O–H groups in total. The standard InChI is InChI=1S/C13H15FN2O/c1-9-7-16(15-13(9)10(2)14)12-5-3-11(8-17)4-6-12/h3-7,10,17H,8H2,1-2H3. The Morgan fingerprint density at radius 1 is 1.35 bits per heavy atom. The molecule has 0 radical (unpaired) electrons. The topological polar surface area (TPSA) is 38.0 Å². The molecule has 1 unspecified atom stereocenters. The molecule has 0 aliphatic heterocycles. The Labute approximate surface area is 99.5 Å². The number of rotatable bonds is 3. The molecule has 4 heteroatoms. The minimum Gasteiger partial charge on any atom is -0.392 e. The van der Waals surface area contributed by atoms with Gasteiger partial charge in [0.15, 0.2) is 0 Å². The summed E-state index contributed by atoms with van der Waals surface area (Å²) in [5.41, 5.74) is 3.01. The Hall–Kier alpha value is -1.68. The van der Waals surface area contributed by atoms with Crippen LogP contribution in [0.5, 0.6) is 0 Å². The molecule has 0 aliphatic carbocycles. The van der Waals surface area contributed by atoms with Crippen LogP contribution in [0.15, 0.2) is 30.5 Å². The minimum absolute atomic E-state index is 0.0190. The van der Waals surface area contributed by atoms with Gasteiger partial charge in [-0.3, -0.25) is 0 Å². The molecule has 3 nitrogen and oxygen atoms in total. The number of alkyl halides is 1. The molecule has 0 fully saturated rings. The summed E-state index contributed by atoms with van der Waals surface area (Å²) in [5.74, 6) is 0. The maximum absolute atomic E-state index is 13.2. The van der Waals surface area contributed by atoms with Gasteiger partial charge in [-0.1, -0.05) is 12.1 Å². The van der Waals surface area contributed by atoms with Gasteiger partial charge in [0.05, 0.1) is 18.0 Å². The second-order valence-corrected chi connectivity index (χ2v) is 4.08. The van der Waals surface area contributed by atoms with E-state index in [1.165, 1.54) is 6.92 Å². The lowest BCUT2D eigenvalue weighted by molar-refractivity contribution is 0.282. The highest BCUT2D eigenvalue weighted by Crippen LogP contribution is 2.20. The fourth-order valence-electron chi connectivity index (χ4n) is 1.75. The van der Waals surface area contributed by atoms with Crippen molar-refractivity contribution in [3.05, 3.63) is 47.3 Å². The first-order valence-corrected chi connectivity index (χ1v) is 5.52. The van der Waals surface area contributed by atoms with Gasteiger partial charge in [0.1, 0.15) is 6.17 Å². The summed E-state index contributed by atoms with van der Waals surface area (Å²) in [7, 11) is 0. The van der Waals surface area contributed by atoms with Crippen molar-refractivity contribution in [1.29, 1.82) is 0 Å². The number of hydrogen-bond donors (Lipinski definition) is 1. The fraction of sp³-hybridized carbons (Fsp3) is 0.308.